The van der Waals surface area contributed by atoms with Gasteiger partial charge in [-0.25, -0.2) is 0 Å². The maximum atomic E-state index is 8.61. The molecule has 3 nitrogen and oxygen atoms in total. The van der Waals surface area contributed by atoms with Crippen LogP contribution in [0.15, 0.2) is 42.5 Å². The van der Waals surface area contributed by atoms with E-state index in [9.17, 15) is 0 Å². The Bertz CT molecular complexity index is 593. The first-order valence-electron chi connectivity index (χ1n) is 6.91. The van der Waals surface area contributed by atoms with Gasteiger partial charge in [0, 0.05) is 0 Å². The Hall–Kier alpha value is -1.84. The van der Waals surface area contributed by atoms with Gasteiger partial charge >= 0.3 is 0 Å². The second-order valence-electron chi connectivity index (χ2n) is 4.84. The van der Waals surface area contributed by atoms with Gasteiger partial charge in [-0.3, -0.25) is 0 Å². The third-order valence-electron chi connectivity index (χ3n) is 3.50. The molecule has 0 heterocycles. The van der Waals surface area contributed by atoms with Crippen molar-refractivity contribution in [1.29, 1.82) is 0 Å². The molecule has 0 radical (unpaired) electrons. The lowest BCUT2D eigenvalue weighted by atomic mass is 10.1. The molecule has 1 aliphatic rings. The molecular weight excluding hydrogens is 252 g/mol. The summed E-state index contributed by atoms with van der Waals surface area (Å²) in [5.74, 6) is 0.879. The summed E-state index contributed by atoms with van der Waals surface area (Å²) in [6.45, 7) is 1.42. The van der Waals surface area contributed by atoms with E-state index in [0.29, 0.717) is 19.8 Å². The van der Waals surface area contributed by atoms with Gasteiger partial charge < -0.3 is 14.6 Å². The Morgan fingerprint density at radius 1 is 0.900 bits per heavy atom. The van der Waals surface area contributed by atoms with Gasteiger partial charge in [-0.05, 0) is 40.8 Å². The van der Waals surface area contributed by atoms with Crippen molar-refractivity contribution in [2.45, 2.75) is 6.42 Å². The first-order chi connectivity index (χ1) is 9.88. The molecule has 0 amide bonds. The molecule has 0 aromatic heterocycles. The zero-order valence-corrected chi connectivity index (χ0v) is 11.3. The average molecular weight is 270 g/mol. The number of hydrogen-bond acceptors (Lipinski definition) is 3. The summed E-state index contributed by atoms with van der Waals surface area (Å²) < 4.78 is 10.8. The van der Waals surface area contributed by atoms with Crippen LogP contribution in [-0.2, 0) is 11.2 Å². The van der Waals surface area contributed by atoms with Crippen molar-refractivity contribution in [3.05, 3.63) is 53.6 Å². The van der Waals surface area contributed by atoms with E-state index in [1.807, 2.05) is 6.07 Å². The monoisotopic (exact) mass is 270 g/mol. The van der Waals surface area contributed by atoms with Crippen molar-refractivity contribution in [2.24, 2.45) is 0 Å². The Morgan fingerprint density at radius 3 is 2.65 bits per heavy atom. The lowest BCUT2D eigenvalue weighted by molar-refractivity contribution is 0.0705. The SMILES string of the molecule is OCCOCCOc1ccc2c(c1)Cc1ccccc1-2. The fourth-order valence-corrected chi connectivity index (χ4v) is 2.60. The summed E-state index contributed by atoms with van der Waals surface area (Å²) in [6, 6.07) is 14.8. The molecule has 0 spiro atoms. The lowest BCUT2D eigenvalue weighted by Crippen LogP contribution is -2.09. The van der Waals surface area contributed by atoms with Crippen LogP contribution in [0.4, 0.5) is 0 Å². The Labute approximate surface area is 118 Å². The summed E-state index contributed by atoms with van der Waals surface area (Å²) in [4.78, 5) is 0. The van der Waals surface area contributed by atoms with E-state index in [1.54, 1.807) is 0 Å². The van der Waals surface area contributed by atoms with Crippen molar-refractivity contribution in [2.75, 3.05) is 26.4 Å². The molecule has 0 unspecified atom stereocenters. The molecule has 3 heteroatoms. The molecule has 0 saturated heterocycles. The number of rotatable bonds is 6. The van der Waals surface area contributed by atoms with Crippen LogP contribution in [0.25, 0.3) is 11.1 Å². The van der Waals surface area contributed by atoms with Gasteiger partial charge in [-0.1, -0.05) is 30.3 Å². The fourth-order valence-electron chi connectivity index (χ4n) is 2.60. The van der Waals surface area contributed by atoms with E-state index in [0.717, 1.165) is 12.2 Å². The molecule has 20 heavy (non-hydrogen) atoms. The zero-order chi connectivity index (χ0) is 13.8. The highest BCUT2D eigenvalue weighted by Crippen LogP contribution is 2.37. The van der Waals surface area contributed by atoms with Crippen LogP contribution < -0.4 is 4.74 Å². The van der Waals surface area contributed by atoms with Crippen molar-refractivity contribution in [3.63, 3.8) is 0 Å². The van der Waals surface area contributed by atoms with Gasteiger partial charge in [0.2, 0.25) is 0 Å². The van der Waals surface area contributed by atoms with E-state index in [2.05, 4.69) is 36.4 Å². The molecule has 0 atom stereocenters. The van der Waals surface area contributed by atoms with E-state index in [-0.39, 0.29) is 6.61 Å². The molecule has 3 rings (SSSR count). The van der Waals surface area contributed by atoms with E-state index in [1.165, 1.54) is 22.3 Å². The minimum Gasteiger partial charge on any atom is -0.491 e. The molecule has 0 fully saturated rings. The maximum Gasteiger partial charge on any atom is 0.119 e. The average Bonchev–Trinajstić information content (AvgIpc) is 2.84. The quantitative estimate of drug-likeness (QED) is 0.700. The van der Waals surface area contributed by atoms with Crippen molar-refractivity contribution < 1.29 is 14.6 Å². The molecule has 2 aromatic carbocycles. The van der Waals surface area contributed by atoms with Crippen LogP contribution in [0.5, 0.6) is 5.75 Å². The second-order valence-corrected chi connectivity index (χ2v) is 4.84. The van der Waals surface area contributed by atoms with Gasteiger partial charge in [0.15, 0.2) is 0 Å². The highest BCUT2D eigenvalue weighted by atomic mass is 16.5. The third-order valence-corrected chi connectivity index (χ3v) is 3.50. The van der Waals surface area contributed by atoms with Crippen LogP contribution in [0.1, 0.15) is 11.1 Å². The molecule has 2 aromatic rings. The van der Waals surface area contributed by atoms with Crippen LogP contribution in [0, 0.1) is 0 Å². The van der Waals surface area contributed by atoms with Gasteiger partial charge in [0.25, 0.3) is 0 Å². The zero-order valence-electron chi connectivity index (χ0n) is 11.3. The Morgan fingerprint density at radius 2 is 1.75 bits per heavy atom. The van der Waals surface area contributed by atoms with Gasteiger partial charge in [0.05, 0.1) is 19.8 Å². The standard InChI is InChI=1S/C17H18O3/c18-7-8-19-9-10-20-15-5-6-17-14(12-15)11-13-3-1-2-4-16(13)17/h1-6,12,18H,7-11H2. The molecule has 0 aliphatic heterocycles. The summed E-state index contributed by atoms with van der Waals surface area (Å²) in [7, 11) is 0. The molecule has 0 saturated carbocycles. The number of benzene rings is 2. The minimum atomic E-state index is 0.0527. The van der Waals surface area contributed by atoms with Crippen LogP contribution in [0.3, 0.4) is 0 Å². The van der Waals surface area contributed by atoms with Crippen molar-refractivity contribution >= 4 is 0 Å². The normalized spacial score (nSPS) is 12.1. The van der Waals surface area contributed by atoms with Gasteiger partial charge in [-0.2, -0.15) is 0 Å². The van der Waals surface area contributed by atoms with Gasteiger partial charge in [-0.15, -0.1) is 0 Å². The first-order valence-corrected chi connectivity index (χ1v) is 6.91. The van der Waals surface area contributed by atoms with E-state index in [4.69, 9.17) is 14.6 Å². The smallest absolute Gasteiger partial charge is 0.119 e. The van der Waals surface area contributed by atoms with Crippen LogP contribution in [0.2, 0.25) is 0 Å². The molecule has 1 N–H and O–H groups in total. The number of ether oxygens (including phenoxy) is 2. The number of fused-ring (bicyclic) bond motifs is 3. The van der Waals surface area contributed by atoms with Crippen LogP contribution in [-0.4, -0.2) is 31.5 Å². The number of hydrogen-bond donors (Lipinski definition) is 1. The highest BCUT2D eigenvalue weighted by molar-refractivity contribution is 5.77. The fraction of sp³-hybridized carbons (Fsp3) is 0.294. The summed E-state index contributed by atoms with van der Waals surface area (Å²) in [5.41, 5.74) is 5.34. The van der Waals surface area contributed by atoms with E-state index < -0.39 is 0 Å². The van der Waals surface area contributed by atoms with E-state index >= 15 is 0 Å². The molecule has 0 bridgehead atoms. The Kier molecular flexibility index (Phi) is 4.00. The van der Waals surface area contributed by atoms with Crippen molar-refractivity contribution in [1.82, 2.24) is 0 Å². The maximum absolute atomic E-state index is 8.61. The van der Waals surface area contributed by atoms with Crippen LogP contribution >= 0.6 is 0 Å². The first kappa shape index (κ1) is 13.2. The predicted molar refractivity (Wildman–Crippen MR) is 78.1 cm³/mol. The number of aliphatic hydroxyl groups is 1. The van der Waals surface area contributed by atoms with Gasteiger partial charge in [0.1, 0.15) is 12.4 Å². The second kappa shape index (κ2) is 6.07. The third kappa shape index (κ3) is 2.69. The molecule has 1 aliphatic carbocycles. The highest BCUT2D eigenvalue weighted by Gasteiger charge is 2.17. The minimum absolute atomic E-state index is 0.0527. The largest absolute Gasteiger partial charge is 0.491 e. The molecule has 104 valence electrons. The van der Waals surface area contributed by atoms with Crippen molar-refractivity contribution in [3.8, 4) is 16.9 Å². The summed E-state index contributed by atoms with van der Waals surface area (Å²) in [5, 5.41) is 8.61. The summed E-state index contributed by atoms with van der Waals surface area (Å²) in [6.07, 6.45) is 0.976. The summed E-state index contributed by atoms with van der Waals surface area (Å²) >= 11 is 0. The lowest BCUT2D eigenvalue weighted by Gasteiger charge is -2.08. The number of aliphatic hydroxyl groups excluding tert-OH is 1. The predicted octanol–water partition coefficient (Wildman–Crippen LogP) is 2.65. The Balaban J connectivity index is 1.65. The topological polar surface area (TPSA) is 38.7 Å². The molecular formula is C17H18O3.